The van der Waals surface area contributed by atoms with Crippen LogP contribution in [-0.4, -0.2) is 43.1 Å². The Kier molecular flexibility index (Phi) is 6.72. The molecule has 0 N–H and O–H groups in total. The largest absolute Gasteiger partial charge is 0.494 e. The molecular formula is C16H23NO4. The van der Waals surface area contributed by atoms with Crippen LogP contribution in [-0.2, 0) is 20.7 Å². The zero-order valence-corrected chi connectivity index (χ0v) is 13.1. The highest BCUT2D eigenvalue weighted by Crippen LogP contribution is 2.13. The molecule has 5 nitrogen and oxygen atoms in total. The Morgan fingerprint density at radius 2 is 1.81 bits per heavy atom. The summed E-state index contributed by atoms with van der Waals surface area (Å²) in [6.45, 7) is 6.26. The fourth-order valence-corrected chi connectivity index (χ4v) is 1.91. The predicted octanol–water partition coefficient (Wildman–Crippen LogP) is 2.04. The van der Waals surface area contributed by atoms with Gasteiger partial charge in [0.1, 0.15) is 12.3 Å². The van der Waals surface area contributed by atoms with Gasteiger partial charge in [0, 0.05) is 6.04 Å². The summed E-state index contributed by atoms with van der Waals surface area (Å²) < 4.78 is 9.99. The molecule has 0 bridgehead atoms. The Morgan fingerprint density at radius 3 is 2.29 bits per heavy atom. The van der Waals surface area contributed by atoms with Crippen molar-refractivity contribution in [3.05, 3.63) is 29.8 Å². The molecule has 0 atom stereocenters. The van der Waals surface area contributed by atoms with Crippen molar-refractivity contribution < 1.29 is 19.1 Å². The second-order valence-corrected chi connectivity index (χ2v) is 4.95. The van der Waals surface area contributed by atoms with E-state index in [1.165, 1.54) is 12.0 Å². The number of hydrogen-bond acceptors (Lipinski definition) is 4. The topological polar surface area (TPSA) is 55.8 Å². The maximum Gasteiger partial charge on any atom is 0.325 e. The van der Waals surface area contributed by atoms with E-state index in [1.807, 2.05) is 45.0 Å². The Balaban J connectivity index is 2.70. The van der Waals surface area contributed by atoms with Gasteiger partial charge in [-0.2, -0.15) is 0 Å². The van der Waals surface area contributed by atoms with Gasteiger partial charge in [0.15, 0.2) is 0 Å². The van der Waals surface area contributed by atoms with Crippen molar-refractivity contribution in [3.8, 4) is 5.75 Å². The lowest BCUT2D eigenvalue weighted by Crippen LogP contribution is -2.41. The molecule has 0 aromatic heterocycles. The molecule has 0 heterocycles. The van der Waals surface area contributed by atoms with Crippen molar-refractivity contribution in [1.29, 1.82) is 0 Å². The molecule has 0 aliphatic rings. The number of hydrogen-bond donors (Lipinski definition) is 0. The number of benzene rings is 1. The molecule has 0 aliphatic heterocycles. The van der Waals surface area contributed by atoms with E-state index in [9.17, 15) is 9.59 Å². The maximum absolute atomic E-state index is 12.3. The zero-order valence-electron chi connectivity index (χ0n) is 13.1. The van der Waals surface area contributed by atoms with Gasteiger partial charge in [-0.25, -0.2) is 0 Å². The Morgan fingerprint density at radius 1 is 1.19 bits per heavy atom. The minimum Gasteiger partial charge on any atom is -0.494 e. The fourth-order valence-electron chi connectivity index (χ4n) is 1.91. The third-order valence-corrected chi connectivity index (χ3v) is 3.06. The van der Waals surface area contributed by atoms with E-state index >= 15 is 0 Å². The van der Waals surface area contributed by atoms with E-state index in [1.54, 1.807) is 0 Å². The Hall–Kier alpha value is -2.04. The van der Waals surface area contributed by atoms with Gasteiger partial charge in [-0.05, 0) is 38.5 Å². The van der Waals surface area contributed by atoms with Gasteiger partial charge in [-0.15, -0.1) is 0 Å². The first-order chi connectivity index (χ1) is 9.97. The summed E-state index contributed by atoms with van der Waals surface area (Å²) in [5, 5.41) is 0. The van der Waals surface area contributed by atoms with Crippen LogP contribution in [0, 0.1) is 0 Å². The summed E-state index contributed by atoms with van der Waals surface area (Å²) in [7, 11) is 1.32. The summed E-state index contributed by atoms with van der Waals surface area (Å²) in [5.41, 5.74) is 0.888. The van der Waals surface area contributed by atoms with Crippen LogP contribution in [0.25, 0.3) is 0 Å². The lowest BCUT2D eigenvalue weighted by atomic mass is 10.1. The molecule has 0 saturated heterocycles. The summed E-state index contributed by atoms with van der Waals surface area (Å²) in [6, 6.07) is 7.34. The minimum absolute atomic E-state index is 0.0238. The molecule has 1 amide bonds. The first-order valence-electron chi connectivity index (χ1n) is 7.06. The third-order valence-electron chi connectivity index (χ3n) is 3.06. The number of carbonyl (C=O) groups excluding carboxylic acids is 2. The molecule has 21 heavy (non-hydrogen) atoms. The molecule has 0 unspecified atom stereocenters. The van der Waals surface area contributed by atoms with Gasteiger partial charge in [0.25, 0.3) is 0 Å². The highest BCUT2D eigenvalue weighted by Gasteiger charge is 2.20. The molecular weight excluding hydrogens is 270 g/mol. The molecule has 0 spiro atoms. The van der Waals surface area contributed by atoms with E-state index in [0.717, 1.165) is 11.3 Å². The van der Waals surface area contributed by atoms with Gasteiger partial charge in [0.2, 0.25) is 5.91 Å². The second kappa shape index (κ2) is 8.29. The highest BCUT2D eigenvalue weighted by atomic mass is 16.5. The van der Waals surface area contributed by atoms with Crippen molar-refractivity contribution in [2.45, 2.75) is 33.2 Å². The number of methoxy groups -OCH3 is 1. The van der Waals surface area contributed by atoms with Crippen LogP contribution >= 0.6 is 0 Å². The molecule has 0 saturated carbocycles. The van der Waals surface area contributed by atoms with E-state index in [2.05, 4.69) is 4.74 Å². The van der Waals surface area contributed by atoms with Crippen LogP contribution in [0.15, 0.2) is 24.3 Å². The van der Waals surface area contributed by atoms with Gasteiger partial charge < -0.3 is 14.4 Å². The monoisotopic (exact) mass is 293 g/mol. The van der Waals surface area contributed by atoms with Crippen LogP contribution in [0.5, 0.6) is 5.75 Å². The lowest BCUT2D eigenvalue weighted by Gasteiger charge is -2.25. The first-order valence-corrected chi connectivity index (χ1v) is 7.06. The van der Waals surface area contributed by atoms with Gasteiger partial charge in [-0.1, -0.05) is 12.1 Å². The van der Waals surface area contributed by atoms with Crippen molar-refractivity contribution in [3.63, 3.8) is 0 Å². The standard InChI is InChI=1S/C16H23NO4/c1-5-21-14-8-6-13(7-9-14)10-15(18)17(12(2)3)11-16(19)20-4/h6-9,12H,5,10-11H2,1-4H3. The summed E-state index contributed by atoms with van der Waals surface area (Å²) in [4.78, 5) is 25.2. The molecule has 1 aromatic rings. The van der Waals surface area contributed by atoms with Crippen LogP contribution < -0.4 is 4.74 Å². The second-order valence-electron chi connectivity index (χ2n) is 4.95. The summed E-state index contributed by atoms with van der Waals surface area (Å²) in [5.74, 6) is 0.271. The molecule has 0 fully saturated rings. The average Bonchev–Trinajstić information content (AvgIpc) is 2.46. The van der Waals surface area contributed by atoms with Crippen LogP contribution in [0.3, 0.4) is 0 Å². The van der Waals surface area contributed by atoms with Gasteiger partial charge in [-0.3, -0.25) is 9.59 Å². The zero-order chi connectivity index (χ0) is 15.8. The quantitative estimate of drug-likeness (QED) is 0.722. The summed E-state index contributed by atoms with van der Waals surface area (Å²) in [6.07, 6.45) is 0.252. The van der Waals surface area contributed by atoms with E-state index in [0.29, 0.717) is 6.61 Å². The lowest BCUT2D eigenvalue weighted by molar-refractivity contribution is -0.148. The Labute approximate surface area is 125 Å². The smallest absolute Gasteiger partial charge is 0.325 e. The summed E-state index contributed by atoms with van der Waals surface area (Å²) >= 11 is 0. The van der Waals surface area contributed by atoms with Crippen molar-refractivity contribution in [2.75, 3.05) is 20.3 Å². The molecule has 0 radical (unpaired) electrons. The van der Waals surface area contributed by atoms with Crippen molar-refractivity contribution in [1.82, 2.24) is 4.90 Å². The van der Waals surface area contributed by atoms with Gasteiger partial charge >= 0.3 is 5.97 Å². The minimum atomic E-state index is -0.413. The molecule has 0 aliphatic carbocycles. The molecule has 116 valence electrons. The SMILES string of the molecule is CCOc1ccc(CC(=O)N(CC(=O)OC)C(C)C)cc1. The normalized spacial score (nSPS) is 10.3. The average molecular weight is 293 g/mol. The van der Waals surface area contributed by atoms with E-state index < -0.39 is 5.97 Å². The number of nitrogens with zero attached hydrogens (tertiary/aromatic N) is 1. The van der Waals surface area contributed by atoms with Crippen molar-refractivity contribution >= 4 is 11.9 Å². The number of esters is 1. The van der Waals surface area contributed by atoms with E-state index in [-0.39, 0.29) is 24.9 Å². The van der Waals surface area contributed by atoms with Gasteiger partial charge in [0.05, 0.1) is 20.1 Å². The molecule has 5 heteroatoms. The van der Waals surface area contributed by atoms with Crippen LogP contribution in [0.1, 0.15) is 26.3 Å². The predicted molar refractivity (Wildman–Crippen MR) is 80.2 cm³/mol. The first kappa shape index (κ1) is 17.0. The Bertz CT molecular complexity index is 468. The third kappa shape index (κ3) is 5.45. The van der Waals surface area contributed by atoms with Crippen LogP contribution in [0.4, 0.5) is 0 Å². The highest BCUT2D eigenvalue weighted by molar-refractivity contribution is 5.83. The number of ether oxygens (including phenoxy) is 2. The number of amides is 1. The number of rotatable bonds is 7. The molecule has 1 aromatic carbocycles. The van der Waals surface area contributed by atoms with Crippen molar-refractivity contribution in [2.24, 2.45) is 0 Å². The molecule has 1 rings (SSSR count). The fraction of sp³-hybridized carbons (Fsp3) is 0.500. The van der Waals surface area contributed by atoms with E-state index in [4.69, 9.17) is 4.74 Å². The van der Waals surface area contributed by atoms with Crippen LogP contribution in [0.2, 0.25) is 0 Å². The number of carbonyl (C=O) groups is 2. The maximum atomic E-state index is 12.3.